The van der Waals surface area contributed by atoms with Gasteiger partial charge in [-0.25, -0.2) is 16.8 Å². The summed E-state index contributed by atoms with van der Waals surface area (Å²) in [5.41, 5.74) is 0. The summed E-state index contributed by atoms with van der Waals surface area (Å²) < 4.78 is 49.7. The average molecular weight is 334 g/mol. The molecule has 114 valence electrons. The van der Waals surface area contributed by atoms with Gasteiger partial charge in [0.15, 0.2) is 0 Å². The Balaban J connectivity index is 2.45. The van der Waals surface area contributed by atoms with Crippen molar-refractivity contribution in [2.45, 2.75) is 9.79 Å². The zero-order valence-corrected chi connectivity index (χ0v) is 13.3. The minimum atomic E-state index is -4.00. The van der Waals surface area contributed by atoms with Crippen LogP contribution in [0.25, 0.3) is 0 Å². The van der Waals surface area contributed by atoms with Crippen molar-refractivity contribution in [3.05, 3.63) is 83.6 Å². The van der Waals surface area contributed by atoms with Crippen LogP contribution in [0.15, 0.2) is 93.4 Å². The Morgan fingerprint density at radius 1 is 0.591 bits per heavy atom. The second-order valence-corrected chi connectivity index (χ2v) is 8.42. The first kappa shape index (κ1) is 16.2. The zero-order valence-electron chi connectivity index (χ0n) is 11.6. The third-order valence-corrected chi connectivity index (χ3v) is 6.77. The molecular formula is C16H14O4S2. The topological polar surface area (TPSA) is 68.3 Å². The molecule has 0 radical (unpaired) electrons. The lowest BCUT2D eigenvalue weighted by atomic mass is 10.4. The van der Waals surface area contributed by atoms with Crippen molar-refractivity contribution in [3.8, 4) is 0 Å². The second kappa shape index (κ2) is 5.90. The number of rotatable bonds is 5. The summed E-state index contributed by atoms with van der Waals surface area (Å²) in [6.45, 7) is 6.86. The summed E-state index contributed by atoms with van der Waals surface area (Å²) in [4.78, 5) is -1.10. The van der Waals surface area contributed by atoms with Crippen LogP contribution < -0.4 is 0 Å². The van der Waals surface area contributed by atoms with Crippen LogP contribution in [-0.2, 0) is 19.7 Å². The fourth-order valence-electron chi connectivity index (χ4n) is 1.78. The number of sulfone groups is 2. The predicted molar refractivity (Wildman–Crippen MR) is 85.5 cm³/mol. The molecule has 0 aliphatic heterocycles. The van der Waals surface area contributed by atoms with Crippen LogP contribution in [0.1, 0.15) is 0 Å². The van der Waals surface area contributed by atoms with Gasteiger partial charge in [-0.2, -0.15) is 0 Å². The molecule has 0 amide bonds. The SMILES string of the molecule is C=C(C(=C)S(=O)(=O)c1ccccc1)S(=O)(=O)c1ccccc1. The standard InChI is InChI=1S/C16H14O4S2/c1-13(21(17,18)15-9-5-3-6-10-15)14(2)22(19,20)16-11-7-4-8-12-16/h3-12H,1-2H2. The Morgan fingerprint density at radius 2 is 0.864 bits per heavy atom. The molecule has 4 nitrogen and oxygen atoms in total. The van der Waals surface area contributed by atoms with Gasteiger partial charge in [0.1, 0.15) is 0 Å². The van der Waals surface area contributed by atoms with E-state index in [0.717, 1.165) is 0 Å². The monoisotopic (exact) mass is 334 g/mol. The van der Waals surface area contributed by atoms with E-state index in [1.807, 2.05) is 0 Å². The first-order valence-electron chi connectivity index (χ1n) is 6.26. The van der Waals surface area contributed by atoms with E-state index in [9.17, 15) is 16.8 Å². The molecular weight excluding hydrogens is 320 g/mol. The van der Waals surface area contributed by atoms with Gasteiger partial charge in [-0.3, -0.25) is 0 Å². The zero-order chi connectivity index (χ0) is 16.4. The summed E-state index contributed by atoms with van der Waals surface area (Å²) >= 11 is 0. The quantitative estimate of drug-likeness (QED) is 0.788. The molecule has 0 saturated heterocycles. The maximum absolute atomic E-state index is 12.4. The van der Waals surface area contributed by atoms with Crippen molar-refractivity contribution in [3.63, 3.8) is 0 Å². The van der Waals surface area contributed by atoms with Gasteiger partial charge >= 0.3 is 0 Å². The minimum Gasteiger partial charge on any atom is -0.218 e. The number of benzene rings is 2. The summed E-state index contributed by atoms with van der Waals surface area (Å²) in [7, 11) is -8.01. The number of hydrogen-bond donors (Lipinski definition) is 0. The van der Waals surface area contributed by atoms with Crippen molar-refractivity contribution in [1.29, 1.82) is 0 Å². The molecule has 0 aromatic heterocycles. The van der Waals surface area contributed by atoms with Gasteiger partial charge in [-0.1, -0.05) is 49.6 Å². The maximum atomic E-state index is 12.4. The largest absolute Gasteiger partial charge is 0.218 e. The van der Waals surface area contributed by atoms with Crippen LogP contribution in [-0.4, -0.2) is 16.8 Å². The van der Waals surface area contributed by atoms with Crippen LogP contribution in [0.2, 0.25) is 0 Å². The fraction of sp³-hybridized carbons (Fsp3) is 0. The van der Waals surface area contributed by atoms with Crippen LogP contribution in [0, 0.1) is 0 Å². The molecule has 0 atom stereocenters. The molecule has 0 unspecified atom stereocenters. The molecule has 0 bridgehead atoms. The van der Waals surface area contributed by atoms with Crippen molar-refractivity contribution in [2.24, 2.45) is 0 Å². The molecule has 0 aliphatic carbocycles. The highest BCUT2D eigenvalue weighted by molar-refractivity contribution is 8.00. The van der Waals surface area contributed by atoms with Crippen molar-refractivity contribution < 1.29 is 16.8 Å². The van der Waals surface area contributed by atoms with E-state index in [0.29, 0.717) is 0 Å². The van der Waals surface area contributed by atoms with Gasteiger partial charge in [0, 0.05) is 0 Å². The number of hydrogen-bond acceptors (Lipinski definition) is 4. The molecule has 2 rings (SSSR count). The smallest absolute Gasteiger partial charge is 0.207 e. The molecule has 2 aromatic carbocycles. The van der Waals surface area contributed by atoms with Gasteiger partial charge in [-0.15, -0.1) is 0 Å². The van der Waals surface area contributed by atoms with Gasteiger partial charge < -0.3 is 0 Å². The van der Waals surface area contributed by atoms with Crippen LogP contribution in [0.5, 0.6) is 0 Å². The van der Waals surface area contributed by atoms with E-state index in [-0.39, 0.29) is 9.79 Å². The molecule has 0 aliphatic rings. The van der Waals surface area contributed by atoms with Crippen molar-refractivity contribution in [1.82, 2.24) is 0 Å². The third-order valence-electron chi connectivity index (χ3n) is 3.07. The Hall–Kier alpha value is -2.18. The predicted octanol–water partition coefficient (Wildman–Crippen LogP) is 2.96. The van der Waals surface area contributed by atoms with Crippen LogP contribution in [0.3, 0.4) is 0 Å². The molecule has 0 heterocycles. The van der Waals surface area contributed by atoms with E-state index in [1.165, 1.54) is 24.3 Å². The minimum absolute atomic E-state index is 0.0237. The summed E-state index contributed by atoms with van der Waals surface area (Å²) in [6, 6.07) is 15.0. The van der Waals surface area contributed by atoms with E-state index in [1.54, 1.807) is 36.4 Å². The first-order chi connectivity index (χ1) is 10.3. The third kappa shape index (κ3) is 2.88. The Bertz CT molecular complexity index is 831. The van der Waals surface area contributed by atoms with E-state index >= 15 is 0 Å². The highest BCUT2D eigenvalue weighted by Gasteiger charge is 2.29. The summed E-state index contributed by atoms with van der Waals surface area (Å²) in [6.07, 6.45) is 0. The Morgan fingerprint density at radius 3 is 1.14 bits per heavy atom. The molecule has 0 spiro atoms. The van der Waals surface area contributed by atoms with Crippen LogP contribution >= 0.6 is 0 Å². The second-order valence-electron chi connectivity index (χ2n) is 4.48. The summed E-state index contributed by atoms with van der Waals surface area (Å²) in [5, 5.41) is 0. The Labute approximate surface area is 130 Å². The lowest BCUT2D eigenvalue weighted by Gasteiger charge is -2.11. The molecule has 2 aromatic rings. The summed E-state index contributed by atoms with van der Waals surface area (Å²) in [5.74, 6) is 0. The lowest BCUT2D eigenvalue weighted by Crippen LogP contribution is -2.12. The van der Waals surface area contributed by atoms with Crippen molar-refractivity contribution >= 4 is 19.7 Å². The molecule has 6 heteroatoms. The lowest BCUT2D eigenvalue weighted by molar-refractivity contribution is 0.597. The first-order valence-corrected chi connectivity index (χ1v) is 9.23. The molecule has 0 N–H and O–H groups in total. The molecule has 0 saturated carbocycles. The van der Waals surface area contributed by atoms with Crippen LogP contribution in [0.4, 0.5) is 0 Å². The highest BCUT2D eigenvalue weighted by Crippen LogP contribution is 2.29. The Kier molecular flexibility index (Phi) is 4.35. The average Bonchev–Trinajstić information content (AvgIpc) is 2.55. The molecule has 0 fully saturated rings. The maximum Gasteiger partial charge on any atom is 0.207 e. The molecule has 22 heavy (non-hydrogen) atoms. The van der Waals surface area contributed by atoms with E-state index in [4.69, 9.17) is 0 Å². The fourth-order valence-corrected chi connectivity index (χ4v) is 4.64. The van der Waals surface area contributed by atoms with E-state index < -0.39 is 29.5 Å². The van der Waals surface area contributed by atoms with Gasteiger partial charge in [0.25, 0.3) is 0 Å². The van der Waals surface area contributed by atoms with Gasteiger partial charge in [-0.05, 0) is 24.3 Å². The van der Waals surface area contributed by atoms with E-state index in [2.05, 4.69) is 13.2 Å². The normalized spacial score (nSPS) is 11.8. The van der Waals surface area contributed by atoms with Crippen molar-refractivity contribution in [2.75, 3.05) is 0 Å². The van der Waals surface area contributed by atoms with Gasteiger partial charge in [0.05, 0.1) is 19.6 Å². The van der Waals surface area contributed by atoms with Gasteiger partial charge in [0.2, 0.25) is 19.7 Å². The highest BCUT2D eigenvalue weighted by atomic mass is 32.2.